The van der Waals surface area contributed by atoms with Crippen LogP contribution in [-0.4, -0.2) is 26.2 Å². The molecular formula is C19H21F2NO4S. The molecule has 0 amide bonds. The van der Waals surface area contributed by atoms with Crippen LogP contribution < -0.4 is 14.8 Å². The molecule has 0 aliphatic carbocycles. The number of aryl methyl sites for hydroxylation is 1. The first-order valence-corrected chi connectivity index (χ1v) is 10.4. The average Bonchev–Trinajstić information content (AvgIpc) is 2.90. The Morgan fingerprint density at radius 1 is 1.11 bits per heavy atom. The van der Waals surface area contributed by atoms with Crippen LogP contribution >= 0.6 is 0 Å². The van der Waals surface area contributed by atoms with E-state index in [1.807, 2.05) is 31.2 Å². The first kappa shape index (κ1) is 19.6. The van der Waals surface area contributed by atoms with Crippen molar-refractivity contribution < 1.29 is 26.7 Å². The third-order valence-corrected chi connectivity index (χ3v) is 6.23. The van der Waals surface area contributed by atoms with E-state index < -0.39 is 27.4 Å². The van der Waals surface area contributed by atoms with E-state index in [1.54, 1.807) is 19.1 Å². The van der Waals surface area contributed by atoms with E-state index in [4.69, 9.17) is 0 Å². The Morgan fingerprint density at radius 3 is 2.41 bits per heavy atom. The molecule has 2 aromatic rings. The molecule has 1 N–H and O–H groups in total. The van der Waals surface area contributed by atoms with Gasteiger partial charge >= 0.3 is 6.29 Å². The maximum Gasteiger partial charge on any atom is 0.586 e. The second-order valence-electron chi connectivity index (χ2n) is 6.72. The summed E-state index contributed by atoms with van der Waals surface area (Å²) in [6, 6.07) is 11.6. The van der Waals surface area contributed by atoms with Crippen LogP contribution in [0, 0.1) is 6.92 Å². The van der Waals surface area contributed by atoms with Crippen molar-refractivity contribution in [3.63, 3.8) is 0 Å². The van der Waals surface area contributed by atoms with Gasteiger partial charge in [0.2, 0.25) is 0 Å². The SMILES string of the molecule is Cc1ccc(C(NCc2cccc3c2OC(F)(F)O3)C(C)S(C)(=O)=O)cc1. The number of rotatable bonds is 6. The average molecular weight is 397 g/mol. The zero-order chi connectivity index (χ0) is 19.8. The summed E-state index contributed by atoms with van der Waals surface area (Å²) >= 11 is 0. The second kappa shape index (κ2) is 7.09. The zero-order valence-corrected chi connectivity index (χ0v) is 16.0. The van der Waals surface area contributed by atoms with Crippen LogP contribution in [0.2, 0.25) is 0 Å². The minimum absolute atomic E-state index is 0.0373. The number of ether oxygens (including phenoxy) is 2. The van der Waals surface area contributed by atoms with E-state index in [0.29, 0.717) is 5.56 Å². The molecule has 2 aromatic carbocycles. The molecular weight excluding hydrogens is 376 g/mol. The third kappa shape index (κ3) is 4.39. The Kier molecular flexibility index (Phi) is 5.14. The molecule has 1 heterocycles. The highest BCUT2D eigenvalue weighted by atomic mass is 32.2. The summed E-state index contributed by atoms with van der Waals surface area (Å²) in [5.74, 6) is -0.0768. The van der Waals surface area contributed by atoms with Crippen LogP contribution in [0.25, 0.3) is 0 Å². The second-order valence-corrected chi connectivity index (χ2v) is 9.12. The van der Waals surface area contributed by atoms with Crippen LogP contribution in [-0.2, 0) is 16.4 Å². The molecule has 0 radical (unpaired) electrons. The summed E-state index contributed by atoms with van der Waals surface area (Å²) in [6.45, 7) is 3.70. The van der Waals surface area contributed by atoms with E-state index in [1.165, 1.54) is 12.3 Å². The highest BCUT2D eigenvalue weighted by Crippen LogP contribution is 2.43. The van der Waals surface area contributed by atoms with Crippen LogP contribution in [0.5, 0.6) is 11.5 Å². The van der Waals surface area contributed by atoms with Crippen molar-refractivity contribution >= 4 is 9.84 Å². The molecule has 1 aliphatic heterocycles. The lowest BCUT2D eigenvalue weighted by Gasteiger charge is -2.25. The van der Waals surface area contributed by atoms with Gasteiger partial charge in [-0.3, -0.25) is 0 Å². The summed E-state index contributed by atoms with van der Waals surface area (Å²) in [6.07, 6.45) is -2.52. The number of para-hydroxylation sites is 1. The number of hydrogen-bond donors (Lipinski definition) is 1. The Hall–Kier alpha value is -2.19. The van der Waals surface area contributed by atoms with Crippen LogP contribution in [0.3, 0.4) is 0 Å². The smallest absolute Gasteiger partial charge is 0.395 e. The van der Waals surface area contributed by atoms with Gasteiger partial charge in [0.1, 0.15) is 0 Å². The molecule has 8 heteroatoms. The Balaban J connectivity index is 1.86. The molecule has 0 saturated carbocycles. The summed E-state index contributed by atoms with van der Waals surface area (Å²) in [5, 5.41) is 2.46. The maximum absolute atomic E-state index is 13.4. The predicted octanol–water partition coefficient (Wildman–Crippen LogP) is 3.58. The molecule has 146 valence electrons. The van der Waals surface area contributed by atoms with Gasteiger partial charge in [0.15, 0.2) is 21.3 Å². The molecule has 0 spiro atoms. The van der Waals surface area contributed by atoms with Gasteiger partial charge < -0.3 is 14.8 Å². The van der Waals surface area contributed by atoms with Crippen molar-refractivity contribution in [2.45, 2.75) is 38.0 Å². The molecule has 1 aliphatic rings. The Morgan fingerprint density at radius 2 is 1.78 bits per heavy atom. The van der Waals surface area contributed by atoms with Crippen molar-refractivity contribution in [2.75, 3.05) is 6.26 Å². The Bertz CT molecular complexity index is 929. The summed E-state index contributed by atoms with van der Waals surface area (Å²) in [5.41, 5.74) is 2.31. The maximum atomic E-state index is 13.4. The van der Waals surface area contributed by atoms with Gasteiger partial charge in [-0.15, -0.1) is 8.78 Å². The fourth-order valence-corrected chi connectivity index (χ4v) is 3.71. The normalized spacial score (nSPS) is 17.5. The van der Waals surface area contributed by atoms with Crippen molar-refractivity contribution in [1.82, 2.24) is 5.32 Å². The van der Waals surface area contributed by atoms with E-state index in [9.17, 15) is 17.2 Å². The van der Waals surface area contributed by atoms with E-state index in [-0.39, 0.29) is 18.0 Å². The molecule has 27 heavy (non-hydrogen) atoms. The monoisotopic (exact) mass is 397 g/mol. The standard InChI is InChI=1S/C19H21F2NO4S/c1-12-7-9-14(10-8-12)17(13(2)27(3,23)24)22-11-15-5-4-6-16-18(15)26-19(20,21)25-16/h4-10,13,17,22H,11H2,1-3H3. The minimum atomic E-state index is -3.70. The number of alkyl halides is 2. The van der Waals surface area contributed by atoms with Crippen molar-refractivity contribution in [1.29, 1.82) is 0 Å². The van der Waals surface area contributed by atoms with Crippen LogP contribution in [0.4, 0.5) is 8.78 Å². The van der Waals surface area contributed by atoms with E-state index in [2.05, 4.69) is 14.8 Å². The van der Waals surface area contributed by atoms with Gasteiger partial charge in [0, 0.05) is 24.4 Å². The largest absolute Gasteiger partial charge is 0.586 e. The molecule has 0 bridgehead atoms. The van der Waals surface area contributed by atoms with Crippen LogP contribution in [0.15, 0.2) is 42.5 Å². The van der Waals surface area contributed by atoms with Crippen molar-refractivity contribution in [3.05, 3.63) is 59.2 Å². The topological polar surface area (TPSA) is 64.6 Å². The number of halogens is 2. The molecule has 3 rings (SSSR count). The quantitative estimate of drug-likeness (QED) is 0.807. The van der Waals surface area contributed by atoms with Gasteiger partial charge in [0.25, 0.3) is 0 Å². The van der Waals surface area contributed by atoms with Gasteiger partial charge in [-0.05, 0) is 25.5 Å². The molecule has 2 atom stereocenters. The lowest BCUT2D eigenvalue weighted by molar-refractivity contribution is -0.286. The molecule has 0 saturated heterocycles. The highest BCUT2D eigenvalue weighted by molar-refractivity contribution is 7.91. The number of sulfone groups is 1. The molecule has 2 unspecified atom stereocenters. The third-order valence-electron chi connectivity index (χ3n) is 4.60. The van der Waals surface area contributed by atoms with Gasteiger partial charge in [-0.25, -0.2) is 8.42 Å². The lowest BCUT2D eigenvalue weighted by Crippen LogP contribution is -2.35. The summed E-state index contributed by atoms with van der Waals surface area (Å²) in [4.78, 5) is 0. The van der Waals surface area contributed by atoms with E-state index >= 15 is 0 Å². The van der Waals surface area contributed by atoms with Gasteiger partial charge in [-0.2, -0.15) is 0 Å². The first-order chi connectivity index (χ1) is 12.6. The number of hydrogen-bond acceptors (Lipinski definition) is 5. The van der Waals surface area contributed by atoms with Crippen LogP contribution in [0.1, 0.15) is 29.7 Å². The molecule has 5 nitrogen and oxygen atoms in total. The fourth-order valence-electron chi connectivity index (χ4n) is 2.96. The molecule has 0 aromatic heterocycles. The zero-order valence-electron chi connectivity index (χ0n) is 15.2. The van der Waals surface area contributed by atoms with Gasteiger partial charge in [-0.1, -0.05) is 42.0 Å². The van der Waals surface area contributed by atoms with Crippen molar-refractivity contribution in [2.24, 2.45) is 0 Å². The Labute approximate surface area is 157 Å². The number of nitrogens with one attached hydrogen (secondary N) is 1. The minimum Gasteiger partial charge on any atom is -0.395 e. The van der Waals surface area contributed by atoms with Gasteiger partial charge in [0.05, 0.1) is 5.25 Å². The molecule has 0 fully saturated rings. The summed E-state index contributed by atoms with van der Waals surface area (Å²) in [7, 11) is -3.33. The number of fused-ring (bicyclic) bond motifs is 1. The fraction of sp³-hybridized carbons (Fsp3) is 0.368. The number of benzene rings is 2. The van der Waals surface area contributed by atoms with E-state index in [0.717, 1.165) is 11.1 Å². The lowest BCUT2D eigenvalue weighted by atomic mass is 10.0. The predicted molar refractivity (Wildman–Crippen MR) is 97.7 cm³/mol. The highest BCUT2D eigenvalue weighted by Gasteiger charge is 2.44. The van der Waals surface area contributed by atoms with Crippen molar-refractivity contribution in [3.8, 4) is 11.5 Å². The first-order valence-electron chi connectivity index (χ1n) is 8.43. The summed E-state index contributed by atoms with van der Waals surface area (Å²) < 4.78 is 60.0.